The fraction of sp³-hybridized carbons (Fsp3) is 0.375. The van der Waals surface area contributed by atoms with Crippen LogP contribution >= 0.6 is 0 Å². The molecule has 23 heavy (non-hydrogen) atoms. The molecule has 1 saturated heterocycles. The molecule has 0 aliphatic carbocycles. The van der Waals surface area contributed by atoms with E-state index >= 15 is 0 Å². The van der Waals surface area contributed by atoms with Crippen LogP contribution in [0.2, 0.25) is 0 Å². The normalized spacial score (nSPS) is 18.0. The number of rotatable bonds is 3. The second kappa shape index (κ2) is 6.20. The molecule has 1 atom stereocenters. The van der Waals surface area contributed by atoms with Crippen LogP contribution in [0.15, 0.2) is 28.8 Å². The molecule has 2 heterocycles. The van der Waals surface area contributed by atoms with Crippen LogP contribution in [0.4, 0.5) is 0 Å². The number of hydrogen-bond acceptors (Lipinski definition) is 5. The Labute approximate surface area is 132 Å². The number of hydrogen-bond donors (Lipinski definition) is 1. The maximum absolute atomic E-state index is 12.6. The highest BCUT2D eigenvalue weighted by Crippen LogP contribution is 2.26. The summed E-state index contributed by atoms with van der Waals surface area (Å²) in [5, 5.41) is 12.7. The minimum absolute atomic E-state index is 0.0483. The number of amides is 1. The molecule has 0 radical (unpaired) electrons. The van der Waals surface area contributed by atoms with Gasteiger partial charge in [-0.2, -0.15) is 4.98 Å². The van der Waals surface area contributed by atoms with Crippen LogP contribution in [0.5, 0.6) is 0 Å². The Morgan fingerprint density at radius 1 is 1.26 bits per heavy atom. The minimum atomic E-state index is -1.01. The molecule has 120 valence electrons. The smallest absolute Gasteiger partial charge is 0.335 e. The van der Waals surface area contributed by atoms with E-state index in [2.05, 4.69) is 10.1 Å². The number of benzene rings is 1. The van der Waals surface area contributed by atoms with Crippen molar-refractivity contribution < 1.29 is 19.2 Å². The van der Waals surface area contributed by atoms with Gasteiger partial charge in [0.15, 0.2) is 5.82 Å². The summed E-state index contributed by atoms with van der Waals surface area (Å²) >= 11 is 0. The molecule has 1 aliphatic heterocycles. The van der Waals surface area contributed by atoms with E-state index in [-0.39, 0.29) is 17.4 Å². The Morgan fingerprint density at radius 3 is 2.57 bits per heavy atom. The lowest BCUT2D eigenvalue weighted by molar-refractivity contribution is 0.0682. The van der Waals surface area contributed by atoms with Crippen molar-refractivity contribution in [1.82, 2.24) is 15.0 Å². The van der Waals surface area contributed by atoms with Gasteiger partial charge in [-0.3, -0.25) is 4.79 Å². The molecule has 1 aromatic heterocycles. The lowest BCUT2D eigenvalue weighted by atomic mass is 9.97. The number of carboxylic acid groups (broad SMARTS) is 1. The molecule has 1 fully saturated rings. The number of aromatic carboxylic acids is 1. The molecule has 1 aliphatic rings. The van der Waals surface area contributed by atoms with Gasteiger partial charge in [-0.05, 0) is 44.0 Å². The lowest BCUT2D eigenvalue weighted by Crippen LogP contribution is -2.39. The first-order valence-corrected chi connectivity index (χ1v) is 7.47. The molecule has 3 rings (SSSR count). The number of nitrogens with zero attached hydrogens (tertiary/aromatic N) is 3. The van der Waals surface area contributed by atoms with Gasteiger partial charge in [-0.15, -0.1) is 0 Å². The Morgan fingerprint density at radius 2 is 1.96 bits per heavy atom. The number of carboxylic acids is 1. The van der Waals surface area contributed by atoms with Crippen molar-refractivity contribution in [3.63, 3.8) is 0 Å². The van der Waals surface area contributed by atoms with E-state index in [1.54, 1.807) is 24.0 Å². The molecule has 2 aromatic rings. The SMILES string of the molecule is Cc1noc(C2CCCN(C(=O)c3ccc(C(=O)O)cc3)C2)n1. The standard InChI is InChI=1S/C16H17N3O4/c1-10-17-14(23-18-10)13-3-2-8-19(9-13)15(20)11-4-6-12(7-5-11)16(21)22/h4-7,13H,2-3,8-9H2,1H3,(H,21,22). The Bertz CT molecular complexity index is 723. The van der Waals surface area contributed by atoms with Crippen LogP contribution in [0.25, 0.3) is 0 Å². The summed E-state index contributed by atoms with van der Waals surface area (Å²) in [7, 11) is 0. The van der Waals surface area contributed by atoms with Gasteiger partial charge >= 0.3 is 5.97 Å². The van der Waals surface area contributed by atoms with Gasteiger partial charge in [0, 0.05) is 18.7 Å². The highest BCUT2D eigenvalue weighted by Gasteiger charge is 2.28. The third-order valence-corrected chi connectivity index (χ3v) is 3.98. The first-order valence-electron chi connectivity index (χ1n) is 7.47. The van der Waals surface area contributed by atoms with E-state index in [9.17, 15) is 9.59 Å². The number of aryl methyl sites for hydroxylation is 1. The van der Waals surface area contributed by atoms with Crippen LogP contribution < -0.4 is 0 Å². The molecule has 1 aromatic carbocycles. The Kier molecular flexibility index (Phi) is 4.10. The summed E-state index contributed by atoms with van der Waals surface area (Å²) in [5.41, 5.74) is 0.650. The third kappa shape index (κ3) is 3.23. The number of likely N-dealkylation sites (tertiary alicyclic amines) is 1. The van der Waals surface area contributed by atoms with Gasteiger partial charge in [0.05, 0.1) is 11.5 Å². The third-order valence-electron chi connectivity index (χ3n) is 3.98. The number of piperidine rings is 1. The molecule has 1 unspecified atom stereocenters. The monoisotopic (exact) mass is 315 g/mol. The predicted octanol–water partition coefficient (Wildman–Crippen LogP) is 2.10. The summed E-state index contributed by atoms with van der Waals surface area (Å²) in [4.78, 5) is 29.4. The molecule has 0 saturated carbocycles. The van der Waals surface area contributed by atoms with E-state index < -0.39 is 5.97 Å². The first kappa shape index (κ1) is 15.2. The Hall–Kier alpha value is -2.70. The zero-order valence-electron chi connectivity index (χ0n) is 12.7. The fourth-order valence-electron chi connectivity index (χ4n) is 2.78. The molecular weight excluding hydrogens is 298 g/mol. The molecule has 7 nitrogen and oxygen atoms in total. The van der Waals surface area contributed by atoms with Crippen LogP contribution in [0.3, 0.4) is 0 Å². The maximum Gasteiger partial charge on any atom is 0.335 e. The summed E-state index contributed by atoms with van der Waals surface area (Å²) < 4.78 is 5.22. The lowest BCUT2D eigenvalue weighted by Gasteiger charge is -2.31. The van der Waals surface area contributed by atoms with E-state index in [4.69, 9.17) is 9.63 Å². The summed E-state index contributed by atoms with van der Waals surface area (Å²) in [6, 6.07) is 5.98. The molecule has 0 spiro atoms. The average molecular weight is 315 g/mol. The average Bonchev–Trinajstić information content (AvgIpc) is 3.01. The second-order valence-electron chi connectivity index (χ2n) is 5.65. The Balaban J connectivity index is 1.72. The van der Waals surface area contributed by atoms with Crippen LogP contribution in [0, 0.1) is 6.92 Å². The maximum atomic E-state index is 12.6. The van der Waals surface area contributed by atoms with Gasteiger partial charge < -0.3 is 14.5 Å². The van der Waals surface area contributed by atoms with Gasteiger partial charge in [0.1, 0.15) is 0 Å². The number of carbonyl (C=O) groups excluding carboxylic acids is 1. The van der Waals surface area contributed by atoms with Crippen molar-refractivity contribution in [1.29, 1.82) is 0 Å². The van der Waals surface area contributed by atoms with Crippen molar-refractivity contribution >= 4 is 11.9 Å². The number of aromatic nitrogens is 2. The number of carbonyl (C=O) groups is 2. The van der Waals surface area contributed by atoms with Gasteiger partial charge in [0.25, 0.3) is 5.91 Å². The first-order chi connectivity index (χ1) is 11.0. The van der Waals surface area contributed by atoms with Gasteiger partial charge in [-0.1, -0.05) is 5.16 Å². The largest absolute Gasteiger partial charge is 0.478 e. The van der Waals surface area contributed by atoms with Crippen LogP contribution in [-0.4, -0.2) is 45.1 Å². The van der Waals surface area contributed by atoms with Crippen molar-refractivity contribution in [2.75, 3.05) is 13.1 Å². The molecule has 1 N–H and O–H groups in total. The van der Waals surface area contributed by atoms with Crippen molar-refractivity contribution in [2.24, 2.45) is 0 Å². The quantitative estimate of drug-likeness (QED) is 0.931. The highest BCUT2D eigenvalue weighted by atomic mass is 16.5. The molecule has 1 amide bonds. The zero-order valence-corrected chi connectivity index (χ0v) is 12.7. The van der Waals surface area contributed by atoms with Crippen LogP contribution in [-0.2, 0) is 0 Å². The highest BCUT2D eigenvalue weighted by molar-refractivity contribution is 5.96. The summed E-state index contributed by atoms with van der Waals surface area (Å²) in [6.07, 6.45) is 1.77. The van der Waals surface area contributed by atoms with E-state index in [1.165, 1.54) is 12.1 Å². The van der Waals surface area contributed by atoms with E-state index in [0.717, 1.165) is 12.8 Å². The van der Waals surface area contributed by atoms with Gasteiger partial charge in [-0.25, -0.2) is 4.79 Å². The zero-order chi connectivity index (χ0) is 16.4. The fourth-order valence-corrected chi connectivity index (χ4v) is 2.78. The van der Waals surface area contributed by atoms with Crippen molar-refractivity contribution in [3.05, 3.63) is 47.1 Å². The van der Waals surface area contributed by atoms with Crippen LogP contribution in [0.1, 0.15) is 51.2 Å². The topological polar surface area (TPSA) is 96.5 Å². The van der Waals surface area contributed by atoms with E-state index in [1.807, 2.05) is 0 Å². The summed E-state index contributed by atoms with van der Waals surface area (Å²) in [6.45, 7) is 2.97. The molecular formula is C16H17N3O4. The molecule has 0 bridgehead atoms. The van der Waals surface area contributed by atoms with Crippen molar-refractivity contribution in [3.8, 4) is 0 Å². The van der Waals surface area contributed by atoms with Crippen molar-refractivity contribution in [2.45, 2.75) is 25.7 Å². The second-order valence-corrected chi connectivity index (χ2v) is 5.65. The van der Waals surface area contributed by atoms with Gasteiger partial charge in [0.2, 0.25) is 5.89 Å². The molecule has 7 heteroatoms. The summed E-state index contributed by atoms with van der Waals surface area (Å²) in [5.74, 6) is 0.0952. The minimum Gasteiger partial charge on any atom is -0.478 e. The van der Waals surface area contributed by atoms with E-state index in [0.29, 0.717) is 30.4 Å². The predicted molar refractivity (Wildman–Crippen MR) is 80.3 cm³/mol.